The van der Waals surface area contributed by atoms with Crippen LogP contribution < -0.4 is 10.1 Å². The molecule has 1 aromatic carbocycles. The number of nitrogens with zero attached hydrogens (tertiary/aromatic N) is 1. The lowest BCUT2D eigenvalue weighted by atomic mass is 10.3. The number of carbonyl (C=O) groups is 2. The Morgan fingerprint density at radius 3 is 2.38 bits per heavy atom. The Balaban J connectivity index is 2.32. The molecule has 1 rings (SSSR count). The van der Waals surface area contributed by atoms with Crippen LogP contribution in [0.1, 0.15) is 13.8 Å². The molecule has 8 heteroatoms. The Bertz CT molecular complexity index is 512. The van der Waals surface area contributed by atoms with Gasteiger partial charge in [-0.25, -0.2) is 4.79 Å². The van der Waals surface area contributed by atoms with Crippen LogP contribution in [-0.2, 0) is 14.3 Å². The van der Waals surface area contributed by atoms with E-state index in [9.17, 15) is 19.7 Å². The summed E-state index contributed by atoms with van der Waals surface area (Å²) in [6.45, 7) is 2.82. The minimum atomic E-state index is -0.702. The highest BCUT2D eigenvalue weighted by Gasteiger charge is 2.10. The molecule has 0 aliphatic heterocycles. The number of nitrogens with one attached hydrogen (secondary N) is 1. The Kier molecular flexibility index (Phi) is 6.12. The average Bonchev–Trinajstić information content (AvgIpc) is 2.42. The molecule has 0 fully saturated rings. The van der Waals surface area contributed by atoms with Gasteiger partial charge < -0.3 is 14.8 Å². The number of non-ortho nitro benzene ring substituents is 1. The number of benzene rings is 1. The van der Waals surface area contributed by atoms with Crippen molar-refractivity contribution in [2.75, 3.05) is 13.2 Å². The molecule has 0 saturated heterocycles. The molecule has 0 unspecified atom stereocenters. The van der Waals surface area contributed by atoms with Gasteiger partial charge in [0.1, 0.15) is 5.75 Å². The molecule has 114 valence electrons. The molecule has 1 amide bonds. The summed E-state index contributed by atoms with van der Waals surface area (Å²) in [5.41, 5.74) is -0.0738. The summed E-state index contributed by atoms with van der Waals surface area (Å²) in [7, 11) is 0. The molecule has 8 nitrogen and oxygen atoms in total. The SMILES string of the molecule is CC(C)NC(=O)COC(=O)COc1ccc([N+](=O)[O-])cc1. The second-order valence-corrected chi connectivity index (χ2v) is 4.42. The maximum absolute atomic E-state index is 11.3. The van der Waals surface area contributed by atoms with Crippen LogP contribution in [0.5, 0.6) is 5.75 Å². The molecular formula is C13H16N2O6. The number of hydrogen-bond acceptors (Lipinski definition) is 6. The molecule has 0 heterocycles. The fourth-order valence-electron chi connectivity index (χ4n) is 1.36. The van der Waals surface area contributed by atoms with Crippen molar-refractivity contribution in [2.24, 2.45) is 0 Å². The maximum atomic E-state index is 11.3. The third-order valence-electron chi connectivity index (χ3n) is 2.22. The van der Waals surface area contributed by atoms with Crippen LogP contribution in [0.3, 0.4) is 0 Å². The highest BCUT2D eigenvalue weighted by atomic mass is 16.6. The van der Waals surface area contributed by atoms with E-state index in [2.05, 4.69) is 5.32 Å². The standard InChI is InChI=1S/C13H16N2O6/c1-9(2)14-12(16)7-21-13(17)8-20-11-5-3-10(4-6-11)15(18)19/h3-6,9H,7-8H2,1-2H3,(H,14,16). The van der Waals surface area contributed by atoms with Gasteiger partial charge >= 0.3 is 5.97 Å². The van der Waals surface area contributed by atoms with Gasteiger partial charge in [-0.1, -0.05) is 0 Å². The Hall–Kier alpha value is -2.64. The summed E-state index contributed by atoms with van der Waals surface area (Å²) >= 11 is 0. The fraction of sp³-hybridized carbons (Fsp3) is 0.385. The zero-order chi connectivity index (χ0) is 15.8. The molecule has 21 heavy (non-hydrogen) atoms. The second kappa shape index (κ2) is 7.83. The van der Waals surface area contributed by atoms with Gasteiger partial charge in [0.05, 0.1) is 4.92 Å². The van der Waals surface area contributed by atoms with Crippen LogP contribution in [0, 0.1) is 10.1 Å². The lowest BCUT2D eigenvalue weighted by Crippen LogP contribution is -2.34. The molecule has 0 radical (unpaired) electrons. The van der Waals surface area contributed by atoms with Gasteiger partial charge in [-0.15, -0.1) is 0 Å². The quantitative estimate of drug-likeness (QED) is 0.457. The summed E-state index contributed by atoms with van der Waals surface area (Å²) in [4.78, 5) is 32.5. The summed E-state index contributed by atoms with van der Waals surface area (Å²) < 4.78 is 9.79. The average molecular weight is 296 g/mol. The number of hydrogen-bond donors (Lipinski definition) is 1. The molecule has 0 atom stereocenters. The Labute approximate surface area is 121 Å². The van der Waals surface area contributed by atoms with E-state index in [0.717, 1.165) is 0 Å². The molecule has 0 saturated carbocycles. The van der Waals surface area contributed by atoms with Crippen molar-refractivity contribution in [3.63, 3.8) is 0 Å². The van der Waals surface area contributed by atoms with Crippen molar-refractivity contribution in [1.29, 1.82) is 0 Å². The third kappa shape index (κ3) is 6.37. The van der Waals surface area contributed by atoms with Crippen LogP contribution >= 0.6 is 0 Å². The van der Waals surface area contributed by atoms with Crippen molar-refractivity contribution < 1.29 is 24.0 Å². The van der Waals surface area contributed by atoms with E-state index in [1.54, 1.807) is 13.8 Å². The van der Waals surface area contributed by atoms with Crippen LogP contribution in [0.4, 0.5) is 5.69 Å². The van der Waals surface area contributed by atoms with E-state index in [1.165, 1.54) is 24.3 Å². The normalized spacial score (nSPS) is 10.0. The first-order chi connectivity index (χ1) is 9.88. The number of carbonyl (C=O) groups excluding carboxylic acids is 2. The summed E-state index contributed by atoms with van der Waals surface area (Å²) in [5, 5.41) is 13.0. The van der Waals surface area contributed by atoms with Crippen molar-refractivity contribution >= 4 is 17.6 Å². The molecule has 0 aliphatic rings. The predicted molar refractivity (Wildman–Crippen MR) is 72.8 cm³/mol. The van der Waals surface area contributed by atoms with E-state index in [-0.39, 0.29) is 24.9 Å². The van der Waals surface area contributed by atoms with Gasteiger partial charge in [-0.3, -0.25) is 14.9 Å². The molecular weight excluding hydrogens is 280 g/mol. The number of esters is 1. The van der Waals surface area contributed by atoms with E-state index in [1.807, 2.05) is 0 Å². The zero-order valence-electron chi connectivity index (χ0n) is 11.7. The van der Waals surface area contributed by atoms with E-state index >= 15 is 0 Å². The fourth-order valence-corrected chi connectivity index (χ4v) is 1.36. The van der Waals surface area contributed by atoms with Crippen molar-refractivity contribution in [2.45, 2.75) is 19.9 Å². The number of rotatable bonds is 7. The Morgan fingerprint density at radius 1 is 1.24 bits per heavy atom. The molecule has 0 aromatic heterocycles. The molecule has 1 N–H and O–H groups in total. The summed E-state index contributed by atoms with van der Waals surface area (Å²) in [6.07, 6.45) is 0. The number of ether oxygens (including phenoxy) is 2. The minimum Gasteiger partial charge on any atom is -0.482 e. The Morgan fingerprint density at radius 2 is 1.86 bits per heavy atom. The van der Waals surface area contributed by atoms with Gasteiger partial charge in [0.15, 0.2) is 13.2 Å². The lowest BCUT2D eigenvalue weighted by molar-refractivity contribution is -0.384. The van der Waals surface area contributed by atoms with E-state index in [4.69, 9.17) is 9.47 Å². The van der Waals surface area contributed by atoms with Crippen LogP contribution in [-0.4, -0.2) is 36.1 Å². The molecule has 1 aromatic rings. The lowest BCUT2D eigenvalue weighted by Gasteiger charge is -2.09. The largest absolute Gasteiger partial charge is 0.482 e. The minimum absolute atomic E-state index is 0.0347. The summed E-state index contributed by atoms with van der Waals surface area (Å²) in [6, 6.07) is 5.23. The van der Waals surface area contributed by atoms with Crippen molar-refractivity contribution in [3.05, 3.63) is 34.4 Å². The number of amides is 1. The van der Waals surface area contributed by atoms with Crippen LogP contribution in [0.15, 0.2) is 24.3 Å². The number of nitro groups is 1. The maximum Gasteiger partial charge on any atom is 0.344 e. The molecule has 0 spiro atoms. The topological polar surface area (TPSA) is 108 Å². The van der Waals surface area contributed by atoms with Gasteiger partial charge in [0.25, 0.3) is 11.6 Å². The first-order valence-corrected chi connectivity index (χ1v) is 6.20. The first kappa shape index (κ1) is 16.4. The van der Waals surface area contributed by atoms with Gasteiger partial charge in [0, 0.05) is 18.2 Å². The first-order valence-electron chi connectivity index (χ1n) is 6.20. The van der Waals surface area contributed by atoms with E-state index in [0.29, 0.717) is 5.75 Å². The van der Waals surface area contributed by atoms with Gasteiger partial charge in [0.2, 0.25) is 0 Å². The molecule has 0 aliphatic carbocycles. The smallest absolute Gasteiger partial charge is 0.344 e. The monoisotopic (exact) mass is 296 g/mol. The van der Waals surface area contributed by atoms with Crippen molar-refractivity contribution in [3.8, 4) is 5.75 Å². The van der Waals surface area contributed by atoms with Gasteiger partial charge in [-0.2, -0.15) is 0 Å². The highest BCUT2D eigenvalue weighted by Crippen LogP contribution is 2.17. The predicted octanol–water partition coefficient (Wildman–Crippen LogP) is 1.04. The third-order valence-corrected chi connectivity index (χ3v) is 2.22. The highest BCUT2D eigenvalue weighted by molar-refractivity contribution is 5.81. The second-order valence-electron chi connectivity index (χ2n) is 4.42. The van der Waals surface area contributed by atoms with Crippen LogP contribution in [0.25, 0.3) is 0 Å². The molecule has 0 bridgehead atoms. The van der Waals surface area contributed by atoms with E-state index < -0.39 is 16.8 Å². The van der Waals surface area contributed by atoms with Gasteiger partial charge in [-0.05, 0) is 26.0 Å². The van der Waals surface area contributed by atoms with Crippen molar-refractivity contribution in [1.82, 2.24) is 5.32 Å². The van der Waals surface area contributed by atoms with Crippen LogP contribution in [0.2, 0.25) is 0 Å². The zero-order valence-corrected chi connectivity index (χ0v) is 11.7. The number of nitro benzene ring substituents is 1. The summed E-state index contributed by atoms with van der Waals surface area (Å²) in [5.74, 6) is -0.801.